The molecule has 2 rings (SSSR count). The fraction of sp³-hybridized carbons (Fsp3) is 0.600. The van der Waals surface area contributed by atoms with Gasteiger partial charge in [0.2, 0.25) is 0 Å². The van der Waals surface area contributed by atoms with Gasteiger partial charge in [-0.3, -0.25) is 4.90 Å². The summed E-state index contributed by atoms with van der Waals surface area (Å²) in [5.41, 5.74) is 0.612. The van der Waals surface area contributed by atoms with Crippen LogP contribution in [-0.4, -0.2) is 43.8 Å². The molecule has 1 fully saturated rings. The van der Waals surface area contributed by atoms with Crippen molar-refractivity contribution in [2.24, 2.45) is 0 Å². The highest BCUT2D eigenvalue weighted by molar-refractivity contribution is 5.21. The van der Waals surface area contributed by atoms with E-state index < -0.39 is 0 Å². The lowest BCUT2D eigenvalue weighted by Gasteiger charge is -2.39. The predicted octanol–water partition coefficient (Wildman–Crippen LogP) is 2.20. The Hall–Kier alpha value is -0.970. The molecule has 106 valence electrons. The zero-order valence-corrected chi connectivity index (χ0v) is 11.9. The van der Waals surface area contributed by atoms with Crippen molar-refractivity contribution < 1.29 is 9.13 Å². The molecule has 1 saturated heterocycles. The third kappa shape index (κ3) is 3.75. The van der Waals surface area contributed by atoms with Gasteiger partial charge in [0.1, 0.15) is 5.82 Å². The van der Waals surface area contributed by atoms with Crippen LogP contribution in [0.5, 0.6) is 0 Å². The van der Waals surface area contributed by atoms with E-state index in [1.165, 1.54) is 6.07 Å². The molecule has 1 N–H and O–H groups in total. The number of nitrogens with one attached hydrogen (secondary N) is 1. The number of hydrogen-bond acceptors (Lipinski definition) is 3. The van der Waals surface area contributed by atoms with Gasteiger partial charge in [-0.2, -0.15) is 0 Å². The summed E-state index contributed by atoms with van der Waals surface area (Å²) >= 11 is 0. The molecule has 1 aromatic carbocycles. The zero-order valence-electron chi connectivity index (χ0n) is 11.9. The molecule has 1 heterocycles. The minimum Gasteiger partial charge on any atom is -0.373 e. The third-order valence-corrected chi connectivity index (χ3v) is 3.57. The van der Waals surface area contributed by atoms with Gasteiger partial charge in [0.15, 0.2) is 0 Å². The van der Waals surface area contributed by atoms with Crippen LogP contribution in [0.2, 0.25) is 0 Å². The van der Waals surface area contributed by atoms with Crippen molar-refractivity contribution >= 4 is 0 Å². The molecule has 1 aromatic rings. The highest BCUT2D eigenvalue weighted by Gasteiger charge is 2.28. The fourth-order valence-electron chi connectivity index (χ4n) is 2.63. The van der Waals surface area contributed by atoms with Crippen LogP contribution in [0.25, 0.3) is 0 Å². The summed E-state index contributed by atoms with van der Waals surface area (Å²) < 4.78 is 19.6. The molecule has 1 aliphatic rings. The van der Waals surface area contributed by atoms with Gasteiger partial charge in [-0.05, 0) is 27.0 Å². The Balaban J connectivity index is 2.05. The Morgan fingerprint density at radius 2 is 2.16 bits per heavy atom. The Labute approximate surface area is 114 Å². The predicted molar refractivity (Wildman–Crippen MR) is 74.7 cm³/mol. The number of rotatable bonds is 4. The van der Waals surface area contributed by atoms with E-state index in [4.69, 9.17) is 4.74 Å². The van der Waals surface area contributed by atoms with E-state index in [1.54, 1.807) is 6.07 Å². The molecule has 19 heavy (non-hydrogen) atoms. The number of morpholine rings is 1. The van der Waals surface area contributed by atoms with Crippen LogP contribution in [0.3, 0.4) is 0 Å². The maximum Gasteiger partial charge on any atom is 0.128 e. The quantitative estimate of drug-likeness (QED) is 0.904. The lowest BCUT2D eigenvalue weighted by atomic mass is 10.0. The summed E-state index contributed by atoms with van der Waals surface area (Å²) in [6.07, 6.45) is 0. The van der Waals surface area contributed by atoms with Crippen LogP contribution < -0.4 is 5.32 Å². The average Bonchev–Trinajstić information content (AvgIpc) is 2.36. The Bertz CT molecular complexity index is 422. The normalized spacial score (nSPS) is 21.3. The average molecular weight is 266 g/mol. The van der Waals surface area contributed by atoms with Crippen molar-refractivity contribution in [2.75, 3.05) is 33.3 Å². The highest BCUT2D eigenvalue weighted by Crippen LogP contribution is 2.21. The summed E-state index contributed by atoms with van der Waals surface area (Å²) in [5.74, 6) is -0.144. The van der Waals surface area contributed by atoms with Gasteiger partial charge in [0.25, 0.3) is 0 Å². The van der Waals surface area contributed by atoms with Crippen molar-refractivity contribution in [3.8, 4) is 0 Å². The van der Waals surface area contributed by atoms with Gasteiger partial charge in [-0.15, -0.1) is 0 Å². The Morgan fingerprint density at radius 1 is 1.42 bits per heavy atom. The minimum atomic E-state index is -0.144. The van der Waals surface area contributed by atoms with Crippen molar-refractivity contribution in [2.45, 2.75) is 25.5 Å². The zero-order chi connectivity index (χ0) is 13.9. The van der Waals surface area contributed by atoms with Gasteiger partial charge < -0.3 is 10.1 Å². The van der Waals surface area contributed by atoms with E-state index in [-0.39, 0.29) is 17.5 Å². The molecule has 0 radical (unpaired) electrons. The molecule has 4 heteroatoms. The summed E-state index contributed by atoms with van der Waals surface area (Å²) in [5, 5.41) is 3.21. The fourth-order valence-corrected chi connectivity index (χ4v) is 2.63. The molecular weight excluding hydrogens is 243 g/mol. The van der Waals surface area contributed by atoms with E-state index in [1.807, 2.05) is 19.2 Å². The molecule has 3 nitrogen and oxygen atoms in total. The summed E-state index contributed by atoms with van der Waals surface area (Å²) in [4.78, 5) is 2.33. The highest BCUT2D eigenvalue weighted by atomic mass is 19.1. The minimum absolute atomic E-state index is 0.00935. The molecule has 1 unspecified atom stereocenters. The molecule has 0 aromatic heterocycles. The maximum absolute atomic E-state index is 13.8. The number of ether oxygens (including phenoxy) is 1. The molecule has 0 saturated carbocycles. The summed E-state index contributed by atoms with van der Waals surface area (Å²) in [7, 11) is 1.88. The first-order valence-electron chi connectivity index (χ1n) is 6.80. The SMILES string of the molecule is CNC(CN1CCOC(C)(C)C1)c1ccccc1F. The van der Waals surface area contributed by atoms with Gasteiger partial charge in [-0.1, -0.05) is 18.2 Å². The van der Waals surface area contributed by atoms with Crippen LogP contribution in [-0.2, 0) is 4.74 Å². The summed E-state index contributed by atoms with van der Waals surface area (Å²) in [6, 6.07) is 6.98. The largest absolute Gasteiger partial charge is 0.373 e. The Morgan fingerprint density at radius 3 is 2.79 bits per heavy atom. The van der Waals surface area contributed by atoms with Crippen molar-refractivity contribution in [1.82, 2.24) is 10.2 Å². The van der Waals surface area contributed by atoms with E-state index in [2.05, 4.69) is 24.1 Å². The number of likely N-dealkylation sites (N-methyl/N-ethyl adjacent to an activating group) is 1. The van der Waals surface area contributed by atoms with E-state index in [0.717, 1.165) is 31.8 Å². The van der Waals surface area contributed by atoms with Crippen molar-refractivity contribution in [1.29, 1.82) is 0 Å². The lowest BCUT2D eigenvalue weighted by molar-refractivity contribution is -0.0876. The second-order valence-corrected chi connectivity index (χ2v) is 5.71. The van der Waals surface area contributed by atoms with Crippen LogP contribution >= 0.6 is 0 Å². The number of halogens is 1. The molecule has 0 spiro atoms. The monoisotopic (exact) mass is 266 g/mol. The lowest BCUT2D eigenvalue weighted by Crippen LogP contribution is -2.50. The third-order valence-electron chi connectivity index (χ3n) is 3.57. The van der Waals surface area contributed by atoms with Gasteiger partial charge in [-0.25, -0.2) is 4.39 Å². The Kier molecular flexibility index (Phi) is 4.55. The van der Waals surface area contributed by atoms with Crippen LogP contribution in [0.4, 0.5) is 4.39 Å². The van der Waals surface area contributed by atoms with Crippen molar-refractivity contribution in [3.05, 3.63) is 35.6 Å². The molecule has 0 aliphatic carbocycles. The molecule has 0 amide bonds. The topological polar surface area (TPSA) is 24.5 Å². The van der Waals surface area contributed by atoms with Crippen LogP contribution in [0, 0.1) is 5.82 Å². The second kappa shape index (κ2) is 5.99. The number of benzene rings is 1. The van der Waals surface area contributed by atoms with Crippen LogP contribution in [0.1, 0.15) is 25.5 Å². The second-order valence-electron chi connectivity index (χ2n) is 5.71. The summed E-state index contributed by atoms with van der Waals surface area (Å²) in [6.45, 7) is 7.49. The number of nitrogens with zero attached hydrogens (tertiary/aromatic N) is 1. The molecule has 0 bridgehead atoms. The van der Waals surface area contributed by atoms with Crippen molar-refractivity contribution in [3.63, 3.8) is 0 Å². The first kappa shape index (κ1) is 14.4. The van der Waals surface area contributed by atoms with E-state index in [9.17, 15) is 4.39 Å². The number of hydrogen-bond donors (Lipinski definition) is 1. The maximum atomic E-state index is 13.8. The first-order valence-corrected chi connectivity index (χ1v) is 6.80. The standard InChI is InChI=1S/C15H23FN2O/c1-15(2)11-18(8-9-19-15)10-14(17-3)12-6-4-5-7-13(12)16/h4-7,14,17H,8-11H2,1-3H3. The molecular formula is C15H23FN2O. The van der Waals surface area contributed by atoms with Gasteiger partial charge in [0, 0.05) is 31.2 Å². The van der Waals surface area contributed by atoms with Crippen LogP contribution in [0.15, 0.2) is 24.3 Å². The van der Waals surface area contributed by atoms with Gasteiger partial charge in [0.05, 0.1) is 12.2 Å². The van der Waals surface area contributed by atoms with E-state index >= 15 is 0 Å². The first-order chi connectivity index (χ1) is 9.02. The van der Waals surface area contributed by atoms with Gasteiger partial charge >= 0.3 is 0 Å². The van der Waals surface area contributed by atoms with E-state index in [0.29, 0.717) is 0 Å². The smallest absolute Gasteiger partial charge is 0.128 e. The molecule has 1 aliphatic heterocycles. The molecule has 1 atom stereocenters.